The third-order valence-electron chi connectivity index (χ3n) is 3.70. The highest BCUT2D eigenvalue weighted by Gasteiger charge is 2.40. The number of terminal acetylenes is 1. The van der Waals surface area contributed by atoms with Crippen molar-refractivity contribution < 1.29 is 9.53 Å². The Hall–Kier alpha value is -1.59. The minimum Gasteiger partial charge on any atom is -0.381 e. The van der Waals surface area contributed by atoms with E-state index in [1.807, 2.05) is 30.3 Å². The Morgan fingerprint density at radius 3 is 2.56 bits per heavy atom. The van der Waals surface area contributed by atoms with E-state index in [2.05, 4.69) is 5.92 Å². The fourth-order valence-corrected chi connectivity index (χ4v) is 2.63. The zero-order valence-corrected chi connectivity index (χ0v) is 10.5. The maximum Gasteiger partial charge on any atom is 0.144 e. The molecule has 1 aromatic rings. The van der Waals surface area contributed by atoms with Crippen molar-refractivity contribution in [2.75, 3.05) is 13.2 Å². The van der Waals surface area contributed by atoms with Gasteiger partial charge >= 0.3 is 0 Å². The Balaban J connectivity index is 2.29. The van der Waals surface area contributed by atoms with Gasteiger partial charge in [-0.15, -0.1) is 12.3 Å². The molecule has 2 heteroatoms. The van der Waals surface area contributed by atoms with Gasteiger partial charge in [0.05, 0.1) is 5.41 Å². The van der Waals surface area contributed by atoms with Crippen LogP contribution in [-0.4, -0.2) is 19.0 Å². The molecule has 0 atom stereocenters. The first-order chi connectivity index (χ1) is 8.79. The van der Waals surface area contributed by atoms with E-state index in [1.54, 1.807) is 0 Å². The lowest BCUT2D eigenvalue weighted by Crippen LogP contribution is -2.41. The summed E-state index contributed by atoms with van der Waals surface area (Å²) >= 11 is 0. The third kappa shape index (κ3) is 2.47. The topological polar surface area (TPSA) is 26.3 Å². The summed E-state index contributed by atoms with van der Waals surface area (Å²) in [6.07, 6.45) is 7.78. The van der Waals surface area contributed by atoms with E-state index in [9.17, 15) is 4.79 Å². The van der Waals surface area contributed by atoms with Crippen molar-refractivity contribution in [2.45, 2.75) is 31.1 Å². The second kappa shape index (κ2) is 5.84. The molecule has 0 saturated carbocycles. The third-order valence-corrected chi connectivity index (χ3v) is 3.70. The van der Waals surface area contributed by atoms with Gasteiger partial charge in [0, 0.05) is 26.1 Å². The second-order valence-corrected chi connectivity index (χ2v) is 4.69. The molecule has 1 saturated heterocycles. The van der Waals surface area contributed by atoms with Crippen LogP contribution in [0.3, 0.4) is 0 Å². The predicted octanol–water partition coefficient (Wildman–Crippen LogP) is 2.72. The fraction of sp³-hybridized carbons (Fsp3) is 0.438. The first kappa shape index (κ1) is 12.9. The van der Waals surface area contributed by atoms with Gasteiger partial charge in [-0.25, -0.2) is 0 Å². The Labute approximate surface area is 108 Å². The highest BCUT2D eigenvalue weighted by molar-refractivity contribution is 5.90. The van der Waals surface area contributed by atoms with E-state index in [1.165, 1.54) is 0 Å². The summed E-state index contributed by atoms with van der Waals surface area (Å²) in [5, 5.41) is 0. The number of benzene rings is 1. The monoisotopic (exact) mass is 242 g/mol. The number of ketones is 1. The summed E-state index contributed by atoms with van der Waals surface area (Å²) in [6.45, 7) is 1.30. The summed E-state index contributed by atoms with van der Waals surface area (Å²) in [6, 6.07) is 10.0. The van der Waals surface area contributed by atoms with Crippen molar-refractivity contribution >= 4 is 5.78 Å². The zero-order valence-electron chi connectivity index (χ0n) is 10.5. The maximum absolute atomic E-state index is 12.5. The van der Waals surface area contributed by atoms with Crippen molar-refractivity contribution in [1.82, 2.24) is 0 Å². The van der Waals surface area contributed by atoms with Gasteiger partial charge in [-0.05, 0) is 18.4 Å². The summed E-state index contributed by atoms with van der Waals surface area (Å²) in [5.74, 6) is 2.81. The first-order valence-corrected chi connectivity index (χ1v) is 6.40. The number of rotatable bonds is 4. The van der Waals surface area contributed by atoms with Crippen molar-refractivity contribution in [2.24, 2.45) is 0 Å². The lowest BCUT2D eigenvalue weighted by molar-refractivity contribution is -0.128. The van der Waals surface area contributed by atoms with E-state index in [4.69, 9.17) is 11.2 Å². The first-order valence-electron chi connectivity index (χ1n) is 6.40. The molecule has 1 fully saturated rings. The minimum absolute atomic E-state index is 0.259. The van der Waals surface area contributed by atoms with Crippen LogP contribution in [-0.2, 0) is 14.9 Å². The SMILES string of the molecule is C#CCCC(=O)C1(c2ccccc2)CCOCC1. The number of hydrogen-bond acceptors (Lipinski definition) is 2. The number of ether oxygens (including phenoxy) is 1. The molecule has 18 heavy (non-hydrogen) atoms. The molecule has 0 unspecified atom stereocenters. The number of Topliss-reactive ketones (excluding diaryl/α,β-unsaturated/α-hetero) is 1. The Morgan fingerprint density at radius 2 is 1.94 bits per heavy atom. The predicted molar refractivity (Wildman–Crippen MR) is 71.2 cm³/mol. The molecule has 1 aliphatic heterocycles. The van der Waals surface area contributed by atoms with Crippen LogP contribution in [0.4, 0.5) is 0 Å². The highest BCUT2D eigenvalue weighted by Crippen LogP contribution is 2.36. The maximum atomic E-state index is 12.5. The van der Waals surface area contributed by atoms with Crippen molar-refractivity contribution in [3.63, 3.8) is 0 Å². The molecular weight excluding hydrogens is 224 g/mol. The summed E-state index contributed by atoms with van der Waals surface area (Å²) in [7, 11) is 0. The summed E-state index contributed by atoms with van der Waals surface area (Å²) in [4.78, 5) is 12.5. The average Bonchev–Trinajstić information content (AvgIpc) is 2.46. The number of hydrogen-bond donors (Lipinski definition) is 0. The van der Waals surface area contributed by atoms with Crippen molar-refractivity contribution in [3.8, 4) is 12.3 Å². The largest absolute Gasteiger partial charge is 0.381 e. The summed E-state index contributed by atoms with van der Waals surface area (Å²) in [5.41, 5.74) is 0.728. The normalized spacial score (nSPS) is 17.9. The molecule has 0 aromatic heterocycles. The van der Waals surface area contributed by atoms with E-state index in [0.29, 0.717) is 26.1 Å². The van der Waals surface area contributed by atoms with Crippen LogP contribution in [0.1, 0.15) is 31.2 Å². The zero-order chi connectivity index (χ0) is 12.8. The van der Waals surface area contributed by atoms with Gasteiger partial charge in [-0.3, -0.25) is 4.79 Å². The molecule has 0 bridgehead atoms. The molecule has 1 heterocycles. The van der Waals surface area contributed by atoms with Gasteiger partial charge in [0.2, 0.25) is 0 Å². The van der Waals surface area contributed by atoms with Crippen LogP contribution in [0, 0.1) is 12.3 Å². The molecular formula is C16H18O2. The molecule has 94 valence electrons. The molecule has 1 aromatic carbocycles. The van der Waals surface area contributed by atoms with Gasteiger partial charge in [-0.1, -0.05) is 30.3 Å². The lowest BCUT2D eigenvalue weighted by Gasteiger charge is -2.36. The quantitative estimate of drug-likeness (QED) is 0.759. The van der Waals surface area contributed by atoms with Crippen molar-refractivity contribution in [1.29, 1.82) is 0 Å². The molecule has 0 radical (unpaired) electrons. The molecule has 0 amide bonds. The van der Waals surface area contributed by atoms with Crippen LogP contribution in [0.25, 0.3) is 0 Å². The molecule has 0 N–H and O–H groups in total. The summed E-state index contributed by atoms with van der Waals surface area (Å²) < 4.78 is 5.41. The van der Waals surface area contributed by atoms with Gasteiger partial charge in [0.25, 0.3) is 0 Å². The molecule has 1 aliphatic rings. The van der Waals surface area contributed by atoms with Crippen LogP contribution < -0.4 is 0 Å². The minimum atomic E-state index is -0.379. The van der Waals surface area contributed by atoms with Gasteiger partial charge < -0.3 is 4.74 Å². The molecule has 0 aliphatic carbocycles. The van der Waals surface area contributed by atoms with E-state index in [-0.39, 0.29) is 11.2 Å². The molecule has 2 rings (SSSR count). The van der Waals surface area contributed by atoms with E-state index in [0.717, 1.165) is 18.4 Å². The Kier molecular flexibility index (Phi) is 4.17. The van der Waals surface area contributed by atoms with Gasteiger partial charge in [0.15, 0.2) is 0 Å². The van der Waals surface area contributed by atoms with Crippen molar-refractivity contribution in [3.05, 3.63) is 35.9 Å². The van der Waals surface area contributed by atoms with E-state index < -0.39 is 0 Å². The molecule has 2 nitrogen and oxygen atoms in total. The highest BCUT2D eigenvalue weighted by atomic mass is 16.5. The standard InChI is InChI=1S/C16H18O2/c1-2-3-9-15(17)16(10-12-18-13-11-16)14-7-5-4-6-8-14/h1,4-8H,3,9-13H2. The van der Waals surface area contributed by atoms with E-state index >= 15 is 0 Å². The smallest absolute Gasteiger partial charge is 0.144 e. The van der Waals surface area contributed by atoms with Gasteiger partial charge in [0.1, 0.15) is 5.78 Å². The fourth-order valence-electron chi connectivity index (χ4n) is 2.63. The number of carbonyl (C=O) groups is 1. The lowest BCUT2D eigenvalue weighted by atomic mass is 9.70. The van der Waals surface area contributed by atoms with Crippen LogP contribution >= 0.6 is 0 Å². The van der Waals surface area contributed by atoms with Crippen LogP contribution in [0.5, 0.6) is 0 Å². The Morgan fingerprint density at radius 1 is 1.28 bits per heavy atom. The number of carbonyl (C=O) groups excluding carboxylic acids is 1. The molecule has 0 spiro atoms. The van der Waals surface area contributed by atoms with Crippen LogP contribution in [0.15, 0.2) is 30.3 Å². The van der Waals surface area contributed by atoms with Gasteiger partial charge in [-0.2, -0.15) is 0 Å². The second-order valence-electron chi connectivity index (χ2n) is 4.69. The Bertz CT molecular complexity index is 436. The average molecular weight is 242 g/mol. The van der Waals surface area contributed by atoms with Crippen LogP contribution in [0.2, 0.25) is 0 Å².